The Morgan fingerprint density at radius 3 is 1.01 bits per heavy atom. The summed E-state index contributed by atoms with van der Waals surface area (Å²) in [4.78, 5) is 51.4. The van der Waals surface area contributed by atoms with E-state index in [2.05, 4.69) is 102 Å². The Balaban J connectivity index is -0.000000594. The second kappa shape index (κ2) is 69.6. The molecular formula is C80H152Br3N4O9-. The fraction of sp³-hybridized carbons (Fsp3) is 0.863. The molecular weight excluding hydrogens is 1400 g/mol. The van der Waals surface area contributed by atoms with Crippen LogP contribution in [0.1, 0.15) is 359 Å². The maximum atomic E-state index is 11.9. The van der Waals surface area contributed by atoms with E-state index < -0.39 is 0 Å². The number of alkyl halides is 2. The monoisotopic (exact) mass is 1550 g/mol. The summed E-state index contributed by atoms with van der Waals surface area (Å²) >= 11 is 6.90. The summed E-state index contributed by atoms with van der Waals surface area (Å²) in [6.45, 7) is 35.6. The Labute approximate surface area is 619 Å². The molecule has 13 nitrogen and oxygen atoms in total. The molecule has 568 valence electrons. The summed E-state index contributed by atoms with van der Waals surface area (Å²) in [5, 5.41) is 2.27. The Morgan fingerprint density at radius 1 is 0.417 bits per heavy atom. The molecule has 16 heteroatoms. The van der Waals surface area contributed by atoms with Gasteiger partial charge < -0.3 is 51.2 Å². The maximum Gasteiger partial charge on any atom is 0.333 e. The number of imidazole rings is 1. The molecule has 0 fully saturated rings. The van der Waals surface area contributed by atoms with Crippen molar-refractivity contribution in [3.8, 4) is 0 Å². The van der Waals surface area contributed by atoms with Crippen LogP contribution in [0.5, 0.6) is 0 Å². The predicted molar refractivity (Wildman–Crippen MR) is 408 cm³/mol. The summed E-state index contributed by atoms with van der Waals surface area (Å²) < 4.78 is 25.8. The molecule has 2 heterocycles. The van der Waals surface area contributed by atoms with E-state index in [1.54, 1.807) is 6.92 Å². The normalized spacial score (nSPS) is 11.9. The van der Waals surface area contributed by atoms with Gasteiger partial charge in [-0.1, -0.05) is 259 Å². The van der Waals surface area contributed by atoms with Gasteiger partial charge in [0.15, 0.2) is 0 Å². The number of hydrogen-bond acceptors (Lipinski definition) is 11. The number of hydrogen-bond donors (Lipinski definition) is 0. The standard InChI is InChI=1S/C24H46N2O2.C24H45N2O2.C17H33BrO2.C15H27BrO2.BrH.H2O/c2*1-5-7-17-25-19-20-26(22-25)18-15-13-11-9-8-10-12-14-16-21-28-23(27)24(3,4)6-2;1-4-17(2,3)16(19)20-15-13-11-9-7-5-6-8-10-12-14-18;1-14(2)15(17)18-13-11-9-7-5-3-4-6-8-10-12-16;;/h19-20H,5-18,21-22H2,1-4H3;19-20,22H,5-18,21H2,1-4H3;4-15H2,1-3H3;1,3-13H2,2H3;1H;1H2/q;+1;;;;/p-2. The van der Waals surface area contributed by atoms with E-state index in [1.165, 1.54) is 238 Å². The van der Waals surface area contributed by atoms with E-state index >= 15 is 0 Å². The van der Waals surface area contributed by atoms with Crippen molar-refractivity contribution < 1.29 is 65.2 Å². The molecule has 0 saturated heterocycles. The summed E-state index contributed by atoms with van der Waals surface area (Å²) in [6.07, 6.45) is 64.5. The van der Waals surface area contributed by atoms with Crippen LogP contribution in [0.15, 0.2) is 43.3 Å². The third-order valence-electron chi connectivity index (χ3n) is 18.5. The fourth-order valence-corrected chi connectivity index (χ4v) is 11.0. The van der Waals surface area contributed by atoms with Gasteiger partial charge in [-0.05, 0) is 138 Å². The molecule has 0 aromatic carbocycles. The Bertz CT molecular complexity index is 1970. The molecule has 1 aromatic heterocycles. The number of unbranched alkanes of at least 4 members (excludes halogenated alkanes) is 34. The number of aryl methyl sites for hydroxylation is 2. The number of aromatic nitrogens is 2. The van der Waals surface area contributed by atoms with Crippen LogP contribution in [0.4, 0.5) is 0 Å². The van der Waals surface area contributed by atoms with Gasteiger partial charge in [0.25, 0.3) is 0 Å². The van der Waals surface area contributed by atoms with Crippen LogP contribution in [0, 0.1) is 16.2 Å². The Morgan fingerprint density at radius 2 is 0.698 bits per heavy atom. The lowest BCUT2D eigenvalue weighted by Gasteiger charge is -2.21. The molecule has 1 N–H and O–H groups in total. The van der Waals surface area contributed by atoms with Crippen molar-refractivity contribution in [1.29, 1.82) is 0 Å². The highest BCUT2D eigenvalue weighted by Gasteiger charge is 2.28. The van der Waals surface area contributed by atoms with Crippen LogP contribution in [-0.2, 0) is 51.2 Å². The second-order valence-electron chi connectivity index (χ2n) is 28.8. The summed E-state index contributed by atoms with van der Waals surface area (Å²) in [7, 11) is 0. The Hall–Kier alpha value is -2.43. The highest BCUT2D eigenvalue weighted by molar-refractivity contribution is 9.09. The van der Waals surface area contributed by atoms with Crippen molar-refractivity contribution in [3.05, 3.63) is 43.3 Å². The molecule has 0 amide bonds. The van der Waals surface area contributed by atoms with E-state index in [-0.39, 0.29) is 62.6 Å². The lowest BCUT2D eigenvalue weighted by Crippen LogP contribution is -3.00. The molecule has 0 radical (unpaired) electrons. The lowest BCUT2D eigenvalue weighted by atomic mass is 9.91. The molecule has 0 spiro atoms. The van der Waals surface area contributed by atoms with Crippen LogP contribution < -0.4 is 21.5 Å². The lowest BCUT2D eigenvalue weighted by molar-refractivity contribution is -0.696. The maximum absolute atomic E-state index is 11.9. The van der Waals surface area contributed by atoms with E-state index in [4.69, 9.17) is 18.9 Å². The van der Waals surface area contributed by atoms with Gasteiger partial charge in [-0.3, -0.25) is 14.4 Å². The first kappa shape index (κ1) is 99.9. The van der Waals surface area contributed by atoms with Crippen LogP contribution in [0.3, 0.4) is 0 Å². The van der Waals surface area contributed by atoms with Crippen LogP contribution in [-0.4, -0.2) is 101 Å². The smallest absolute Gasteiger partial charge is 0.333 e. The minimum atomic E-state index is -0.336. The molecule has 0 unspecified atom stereocenters. The number of esters is 4. The van der Waals surface area contributed by atoms with Gasteiger partial charge in [0.1, 0.15) is 12.4 Å². The topological polar surface area (TPSA) is 150 Å². The van der Waals surface area contributed by atoms with Crippen LogP contribution in [0.2, 0.25) is 0 Å². The SMILES string of the molecule is C=C(C)C(=O)OCCCCCCCCCCCBr.CCC(C)(C)C(=O)OCCCCCCCCCCCBr.CCCCN1C=CN(CCCCCCCCCCCOC(=O)C(C)(C)CC)C1.CCCCn1cc[n+](CCCCCCCCCCCOC(=O)C(C)(C)CC)c1.[Br-].[OH-]. The minimum absolute atomic E-state index is 0. The number of rotatable bonds is 59. The zero-order valence-corrected chi connectivity index (χ0v) is 69.2. The summed E-state index contributed by atoms with van der Waals surface area (Å²) in [5.41, 5.74) is -0.509. The summed E-state index contributed by atoms with van der Waals surface area (Å²) in [6, 6.07) is 0. The minimum Gasteiger partial charge on any atom is -1.00 e. The largest absolute Gasteiger partial charge is 1.00 e. The van der Waals surface area contributed by atoms with Gasteiger partial charge >= 0.3 is 23.9 Å². The van der Waals surface area contributed by atoms with Gasteiger partial charge in [-0.25, -0.2) is 13.9 Å². The van der Waals surface area contributed by atoms with Crippen molar-refractivity contribution >= 4 is 55.7 Å². The molecule has 0 saturated carbocycles. The second-order valence-corrected chi connectivity index (χ2v) is 30.4. The molecule has 2 rings (SSSR count). The molecule has 0 aliphatic carbocycles. The highest BCUT2D eigenvalue weighted by Crippen LogP contribution is 2.24. The molecule has 0 bridgehead atoms. The molecule has 1 aromatic rings. The third-order valence-corrected chi connectivity index (χ3v) is 19.6. The van der Waals surface area contributed by atoms with Crippen LogP contribution >= 0.6 is 31.9 Å². The van der Waals surface area contributed by atoms with Crippen molar-refractivity contribution in [2.75, 3.05) is 56.8 Å². The van der Waals surface area contributed by atoms with Crippen molar-refractivity contribution in [1.82, 2.24) is 14.4 Å². The first-order valence-electron chi connectivity index (χ1n) is 38.9. The zero-order valence-electron chi connectivity index (χ0n) is 64.4. The van der Waals surface area contributed by atoms with E-state index in [1.807, 2.05) is 62.3 Å². The van der Waals surface area contributed by atoms with Crippen molar-refractivity contribution in [2.24, 2.45) is 16.2 Å². The summed E-state index contributed by atoms with van der Waals surface area (Å²) in [5.74, 6) is -0.410. The van der Waals surface area contributed by atoms with Gasteiger partial charge in [0.2, 0.25) is 6.33 Å². The number of halogens is 3. The molecule has 1 aliphatic heterocycles. The molecule has 96 heavy (non-hydrogen) atoms. The number of carbonyl (C=O) groups is 4. The molecule has 0 atom stereocenters. The first-order chi connectivity index (χ1) is 45.2. The van der Waals surface area contributed by atoms with E-state index in [0.29, 0.717) is 32.0 Å². The first-order valence-corrected chi connectivity index (χ1v) is 41.1. The van der Waals surface area contributed by atoms with E-state index in [9.17, 15) is 19.2 Å². The van der Waals surface area contributed by atoms with Crippen LogP contribution in [0.25, 0.3) is 0 Å². The van der Waals surface area contributed by atoms with Gasteiger partial charge in [-0.2, -0.15) is 0 Å². The van der Waals surface area contributed by atoms with Gasteiger partial charge in [-0.15, -0.1) is 0 Å². The third kappa shape index (κ3) is 61.4. The van der Waals surface area contributed by atoms with E-state index in [0.717, 1.165) is 81.8 Å². The predicted octanol–water partition coefficient (Wildman–Crippen LogP) is 20.1. The fourth-order valence-electron chi connectivity index (χ4n) is 10.2. The zero-order chi connectivity index (χ0) is 70.2. The number of nitrogens with zero attached hydrogens (tertiary/aromatic N) is 4. The molecule has 1 aliphatic rings. The average molecular weight is 1550 g/mol. The van der Waals surface area contributed by atoms with Gasteiger partial charge in [0, 0.05) is 41.7 Å². The average Bonchev–Trinajstić information content (AvgIpc) is 2.91. The quantitative estimate of drug-likeness (QED) is 0.0153. The Kier molecular flexibility index (Phi) is 72.5. The highest BCUT2D eigenvalue weighted by atomic mass is 79.9. The van der Waals surface area contributed by atoms with Crippen molar-refractivity contribution in [2.45, 2.75) is 372 Å². The van der Waals surface area contributed by atoms with Crippen molar-refractivity contribution in [3.63, 3.8) is 0 Å². The number of ether oxygens (including phenoxy) is 4. The number of carbonyl (C=O) groups excluding carboxylic acids is 4. The van der Waals surface area contributed by atoms with Gasteiger partial charge in [0.05, 0.1) is 62.4 Å².